The number of hydrogen-bond donors (Lipinski definition) is 7. The zero-order valence-electron chi connectivity index (χ0n) is 37.6. The third-order valence-electron chi connectivity index (χ3n) is 10.5. The molecule has 7 N–H and O–H groups in total. The molecule has 0 atom stereocenters. The second-order valence-electron chi connectivity index (χ2n) is 15.5. The van der Waals surface area contributed by atoms with E-state index in [0.29, 0.717) is 17.2 Å². The Labute approximate surface area is 424 Å². The average Bonchev–Trinajstić information content (AvgIpc) is 3.75. The second kappa shape index (κ2) is 20.3. The Balaban J connectivity index is 1.19. The first-order valence-electron chi connectivity index (χ1n) is 20.7. The Morgan fingerprint density at radius 2 is 1.12 bits per heavy atom. The summed E-state index contributed by atoms with van der Waals surface area (Å²) in [5.41, 5.74) is 1.16. The molecule has 0 radical (unpaired) electrons. The van der Waals surface area contributed by atoms with Crippen LogP contribution in [-0.4, -0.2) is 67.0 Å². The topological polar surface area (TPSA) is 385 Å². The third-order valence-corrected chi connectivity index (χ3v) is 14.8. The Hall–Kier alpha value is -8.31. The summed E-state index contributed by atoms with van der Waals surface area (Å²) in [5, 5.41) is 54.7. The summed E-state index contributed by atoms with van der Waals surface area (Å²) in [5.74, 6) is -0.529. The van der Waals surface area contributed by atoms with E-state index in [9.17, 15) is 62.3 Å². The number of benzene rings is 6. The maximum Gasteiger partial charge on any atom is 0.296 e. The molecule has 8 rings (SSSR count). The lowest BCUT2D eigenvalue weighted by atomic mass is 10.1. The van der Waals surface area contributed by atoms with Crippen LogP contribution < -0.4 is 10.6 Å². The van der Waals surface area contributed by atoms with E-state index in [2.05, 4.69) is 52.4 Å². The van der Waals surface area contributed by atoms with Crippen LogP contribution in [-0.2, 0) is 40.5 Å². The van der Waals surface area contributed by atoms with Gasteiger partial charge in [0, 0.05) is 28.6 Å². The zero-order chi connectivity index (χ0) is 53.3. The van der Waals surface area contributed by atoms with E-state index in [1.54, 1.807) is 13.0 Å². The van der Waals surface area contributed by atoms with Crippen molar-refractivity contribution in [3.63, 3.8) is 0 Å². The first-order chi connectivity index (χ1) is 34.8. The van der Waals surface area contributed by atoms with Gasteiger partial charge in [0.2, 0.25) is 5.13 Å². The Morgan fingerprint density at radius 3 is 1.72 bits per heavy atom. The van der Waals surface area contributed by atoms with Gasteiger partial charge in [-0.05, 0) is 109 Å². The van der Waals surface area contributed by atoms with E-state index < -0.39 is 66.6 Å². The van der Waals surface area contributed by atoms with Crippen LogP contribution in [0.2, 0.25) is 0 Å². The van der Waals surface area contributed by atoms with Crippen molar-refractivity contribution < 1.29 is 57.0 Å². The summed E-state index contributed by atoms with van der Waals surface area (Å²) < 4.78 is 133. The minimum Gasteiger partial charge on any atom is -0.506 e. The molecule has 0 amide bonds. The fraction of sp³-hybridized carbons (Fsp3) is 0.0444. The molecule has 8 aromatic rings. The maximum atomic E-state index is 12.0. The lowest BCUT2D eigenvalue weighted by Gasteiger charge is -2.16. The molecule has 0 spiro atoms. The minimum atomic E-state index is -4.93. The Morgan fingerprint density at radius 1 is 0.554 bits per heavy atom. The summed E-state index contributed by atoms with van der Waals surface area (Å²) in [4.78, 5) is 7.00. The van der Waals surface area contributed by atoms with Crippen LogP contribution in [0.25, 0.3) is 22.0 Å². The van der Waals surface area contributed by atoms with Gasteiger partial charge in [-0.2, -0.15) is 44.0 Å². The van der Waals surface area contributed by atoms with Gasteiger partial charge >= 0.3 is 0 Å². The third kappa shape index (κ3) is 11.8. The smallest absolute Gasteiger partial charge is 0.296 e. The van der Waals surface area contributed by atoms with Crippen molar-refractivity contribution in [1.82, 2.24) is 9.97 Å². The predicted octanol–water partition coefficient (Wildman–Crippen LogP) is 11.3. The largest absolute Gasteiger partial charge is 0.506 e. The van der Waals surface area contributed by atoms with E-state index >= 15 is 0 Å². The molecule has 376 valence electrons. The zero-order valence-corrected chi connectivity index (χ0v) is 41.7. The summed E-state index contributed by atoms with van der Waals surface area (Å²) >= 11 is 0.924. The molecule has 6 aromatic carbocycles. The summed E-state index contributed by atoms with van der Waals surface area (Å²) in [6, 6.07) is 29.6. The van der Waals surface area contributed by atoms with Crippen LogP contribution in [0.4, 0.5) is 55.9 Å². The number of aromatic hydroxyl groups is 1. The van der Waals surface area contributed by atoms with Crippen LogP contribution in [0.15, 0.2) is 172 Å². The number of fused-ring (bicyclic) bond motifs is 1. The molecule has 2 aromatic heterocycles. The molecule has 0 fully saturated rings. The summed E-state index contributed by atoms with van der Waals surface area (Å²) in [7, 11) is -18.8. The fourth-order valence-corrected chi connectivity index (χ4v) is 9.67. The first-order valence-corrected chi connectivity index (χ1v) is 27.2. The number of hydrogen-bond acceptors (Lipinski definition) is 21. The number of pyridine rings is 1. The van der Waals surface area contributed by atoms with Gasteiger partial charge in [-0.3, -0.25) is 18.2 Å². The molecular formula is C45H33N11O13S5. The number of nitriles is 1. The molecule has 0 saturated heterocycles. The molecule has 0 aliphatic heterocycles. The van der Waals surface area contributed by atoms with Gasteiger partial charge < -0.3 is 15.7 Å². The van der Waals surface area contributed by atoms with Crippen molar-refractivity contribution in [1.29, 1.82) is 5.26 Å². The van der Waals surface area contributed by atoms with Crippen molar-refractivity contribution in [2.75, 3.05) is 10.6 Å². The highest BCUT2D eigenvalue weighted by atomic mass is 32.2. The maximum absolute atomic E-state index is 12.0. The number of aryl methyl sites for hydroxylation is 1. The molecule has 29 heteroatoms. The van der Waals surface area contributed by atoms with Crippen LogP contribution in [0.1, 0.15) is 16.7 Å². The lowest BCUT2D eigenvalue weighted by molar-refractivity contribution is 0.476. The van der Waals surface area contributed by atoms with Gasteiger partial charge in [-0.1, -0.05) is 47.7 Å². The number of azo groups is 3. The van der Waals surface area contributed by atoms with Crippen molar-refractivity contribution in [2.24, 2.45) is 30.7 Å². The molecule has 74 heavy (non-hydrogen) atoms. The van der Waals surface area contributed by atoms with Gasteiger partial charge in [-0.25, -0.2) is 9.97 Å². The minimum absolute atomic E-state index is 0.0105. The number of rotatable bonds is 15. The average molecular weight is 1100 g/mol. The number of thiazole rings is 1. The van der Waals surface area contributed by atoms with Gasteiger partial charge in [0.25, 0.3) is 40.5 Å². The monoisotopic (exact) mass is 1100 g/mol. The van der Waals surface area contributed by atoms with Gasteiger partial charge in [0.15, 0.2) is 16.6 Å². The number of phenolic OH excluding ortho intramolecular Hbond substituents is 1. The number of anilines is 4. The van der Waals surface area contributed by atoms with Crippen molar-refractivity contribution in [2.45, 2.75) is 33.4 Å². The van der Waals surface area contributed by atoms with Crippen molar-refractivity contribution >= 4 is 118 Å². The summed E-state index contributed by atoms with van der Waals surface area (Å²) in [6.45, 7) is 3.09. The van der Waals surface area contributed by atoms with Crippen LogP contribution in [0, 0.1) is 25.2 Å². The van der Waals surface area contributed by atoms with Gasteiger partial charge in [-0.15, -0.1) is 25.6 Å². The van der Waals surface area contributed by atoms with E-state index in [1.807, 2.05) is 36.4 Å². The van der Waals surface area contributed by atoms with Gasteiger partial charge in [0.1, 0.15) is 39.5 Å². The number of phenols is 1. The first kappa shape index (κ1) is 52.0. The van der Waals surface area contributed by atoms with E-state index in [4.69, 9.17) is 4.98 Å². The highest BCUT2D eigenvalue weighted by Crippen LogP contribution is 2.44. The van der Waals surface area contributed by atoms with Gasteiger partial charge in [0.05, 0.1) is 25.9 Å². The molecule has 0 bridgehead atoms. The van der Waals surface area contributed by atoms with Crippen LogP contribution >= 0.6 is 11.3 Å². The number of aromatic nitrogens is 2. The molecule has 2 heterocycles. The van der Waals surface area contributed by atoms with Crippen LogP contribution in [0.5, 0.6) is 5.75 Å². The standard InChI is InChI=1S/C45H33N11O13S5/c1-24-19-36(38(57)22-35(24)51-53-37-21-33(73(64,65)66)17-18-39(37)74(67,68)69)52-55-44-41(28-8-7-26-5-3-4-6-27(26)20-28)49-45(70-44)56-54-40-25(2)34(23-46)42(47-29-9-13-31(14-10-29)71(58,59)60)50-43(40)48-30-11-15-32(16-12-30)72(61,62)63/h3-22,57H,1-2H3,(H2,47,48,50)(H,58,59,60)(H,61,62,63)(H,64,65,66)(H,67,68,69). The lowest BCUT2D eigenvalue weighted by Crippen LogP contribution is -2.05. The molecular weight excluding hydrogens is 1060 g/mol. The SMILES string of the molecule is Cc1cc(N=Nc2sc(N=Nc3c(Nc4ccc(S(=O)(=O)O)cc4)nc(Nc4ccc(S(=O)(=O)O)cc4)c(C#N)c3C)nc2-c2ccc3ccccc3c2)c(O)cc1N=Nc1cc(S(=O)(=O)O)ccc1S(=O)(=O)O. The highest BCUT2D eigenvalue weighted by molar-refractivity contribution is 7.86. The van der Waals surface area contributed by atoms with Crippen molar-refractivity contribution in [3.8, 4) is 23.1 Å². The van der Waals surface area contributed by atoms with Crippen molar-refractivity contribution in [3.05, 3.63) is 138 Å². The Kier molecular flexibility index (Phi) is 14.3. The van der Waals surface area contributed by atoms with E-state index in [-0.39, 0.29) is 71.9 Å². The molecule has 0 aliphatic carbocycles. The number of nitrogens with zero attached hydrogens (tertiary/aromatic N) is 9. The molecule has 0 saturated carbocycles. The van der Waals surface area contributed by atoms with E-state index in [0.717, 1.165) is 64.6 Å². The summed E-state index contributed by atoms with van der Waals surface area (Å²) in [6.07, 6.45) is 0. The molecule has 0 aliphatic rings. The normalized spacial score (nSPS) is 12.5. The fourth-order valence-electron chi connectivity index (χ4n) is 6.87. The number of nitrogens with one attached hydrogen (secondary N) is 2. The van der Waals surface area contributed by atoms with E-state index in [1.165, 1.54) is 37.3 Å². The quantitative estimate of drug-likeness (QED) is 0.0370. The predicted molar refractivity (Wildman–Crippen MR) is 269 cm³/mol. The van der Waals surface area contributed by atoms with Crippen LogP contribution in [0.3, 0.4) is 0 Å². The molecule has 24 nitrogen and oxygen atoms in total. The Bertz CT molecular complexity index is 4190. The highest BCUT2D eigenvalue weighted by Gasteiger charge is 2.23. The molecule has 0 unspecified atom stereocenters. The second-order valence-corrected chi connectivity index (χ2v) is 22.1.